The lowest BCUT2D eigenvalue weighted by Gasteiger charge is -2.35. The molecule has 2 rings (SSSR count). The number of likely N-dealkylation sites (tertiary alicyclic amines) is 1. The number of nitrogens with one attached hydrogen (secondary N) is 1. The molecule has 0 radical (unpaired) electrons. The smallest absolute Gasteiger partial charge is 0.274 e. The largest absolute Gasteiger partial charge is 0.338 e. The number of hydrogen-bond donors (Lipinski definition) is 2. The van der Waals surface area contributed by atoms with Gasteiger partial charge in [-0.15, -0.1) is 0 Å². The first-order valence-electron chi connectivity index (χ1n) is 7.61. The van der Waals surface area contributed by atoms with Crippen molar-refractivity contribution in [1.82, 2.24) is 19.8 Å². The lowest BCUT2D eigenvalue weighted by atomic mass is 9.97. The Kier molecular flexibility index (Phi) is 5.54. The topological polar surface area (TPSA) is 114 Å². The summed E-state index contributed by atoms with van der Waals surface area (Å²) >= 11 is 0. The maximum Gasteiger partial charge on any atom is 0.274 e. The van der Waals surface area contributed by atoms with Crippen molar-refractivity contribution in [3.8, 4) is 0 Å². The van der Waals surface area contributed by atoms with E-state index in [1.54, 1.807) is 0 Å². The van der Waals surface area contributed by atoms with Crippen LogP contribution in [0.1, 0.15) is 57.3 Å². The summed E-state index contributed by atoms with van der Waals surface area (Å²) in [7, 11) is -3.63. The maximum atomic E-state index is 11.0. The van der Waals surface area contributed by atoms with Crippen molar-refractivity contribution in [3.63, 3.8) is 0 Å². The fraction of sp³-hybridized carbons (Fsp3) is 0.846. The number of nitrogens with two attached hydrogens (primary N) is 1. The molecule has 0 amide bonds. The van der Waals surface area contributed by atoms with Crippen molar-refractivity contribution in [3.05, 3.63) is 11.7 Å². The summed E-state index contributed by atoms with van der Waals surface area (Å²) < 4.78 is 29.7. The predicted octanol–water partition coefficient (Wildman–Crippen LogP) is 0.759. The van der Waals surface area contributed by atoms with E-state index in [0.717, 1.165) is 25.9 Å². The molecular weight excluding hydrogens is 306 g/mol. The molecule has 1 saturated heterocycles. The molecule has 2 heterocycles. The fourth-order valence-corrected chi connectivity index (χ4v) is 3.13. The van der Waals surface area contributed by atoms with E-state index in [0.29, 0.717) is 18.3 Å². The Morgan fingerprint density at radius 2 is 2.18 bits per heavy atom. The first kappa shape index (κ1) is 17.3. The quantitative estimate of drug-likeness (QED) is 0.795. The Hall–Kier alpha value is -1.03. The van der Waals surface area contributed by atoms with Crippen LogP contribution in [0.3, 0.4) is 0 Å². The van der Waals surface area contributed by atoms with Crippen molar-refractivity contribution in [1.29, 1.82) is 0 Å². The summed E-state index contributed by atoms with van der Waals surface area (Å²) in [6.45, 7) is 8.16. The maximum absolute atomic E-state index is 11.0. The van der Waals surface area contributed by atoms with Crippen LogP contribution in [0.25, 0.3) is 0 Å². The Balaban J connectivity index is 1.95. The van der Waals surface area contributed by atoms with Gasteiger partial charge in [0.1, 0.15) is 0 Å². The first-order valence-corrected chi connectivity index (χ1v) is 9.16. The molecule has 1 aromatic heterocycles. The highest BCUT2D eigenvalue weighted by atomic mass is 32.2. The minimum Gasteiger partial charge on any atom is -0.338 e. The third kappa shape index (κ3) is 4.73. The van der Waals surface area contributed by atoms with E-state index in [9.17, 15) is 8.42 Å². The Bertz CT molecular complexity index is 586. The molecule has 0 saturated carbocycles. The van der Waals surface area contributed by atoms with Gasteiger partial charge < -0.3 is 4.52 Å². The third-order valence-electron chi connectivity index (χ3n) is 4.00. The van der Waals surface area contributed by atoms with Gasteiger partial charge in [0, 0.05) is 19.0 Å². The Morgan fingerprint density at radius 1 is 1.45 bits per heavy atom. The molecule has 1 aromatic rings. The molecule has 2 atom stereocenters. The molecular formula is C13H25N5O3S. The summed E-state index contributed by atoms with van der Waals surface area (Å²) in [5.74, 6) is 1.80. The van der Waals surface area contributed by atoms with E-state index in [1.165, 1.54) is 0 Å². The van der Waals surface area contributed by atoms with Crippen molar-refractivity contribution in [2.75, 3.05) is 19.6 Å². The van der Waals surface area contributed by atoms with Gasteiger partial charge in [-0.05, 0) is 32.2 Å². The van der Waals surface area contributed by atoms with Gasteiger partial charge in [0.2, 0.25) is 5.89 Å². The highest BCUT2D eigenvalue weighted by Crippen LogP contribution is 2.26. The monoisotopic (exact) mass is 331 g/mol. The molecule has 0 spiro atoms. The third-order valence-corrected chi connectivity index (χ3v) is 4.57. The van der Waals surface area contributed by atoms with Gasteiger partial charge in [0.25, 0.3) is 10.2 Å². The second kappa shape index (κ2) is 7.03. The minimum atomic E-state index is -3.63. The molecule has 9 heteroatoms. The summed E-state index contributed by atoms with van der Waals surface area (Å²) in [6, 6.07) is 0.0253. The van der Waals surface area contributed by atoms with Crippen molar-refractivity contribution < 1.29 is 12.9 Å². The summed E-state index contributed by atoms with van der Waals surface area (Å²) in [4.78, 5) is 6.69. The van der Waals surface area contributed by atoms with E-state index in [-0.39, 0.29) is 17.9 Å². The van der Waals surface area contributed by atoms with Gasteiger partial charge in [-0.3, -0.25) is 4.90 Å². The predicted molar refractivity (Wildman–Crippen MR) is 82.2 cm³/mol. The zero-order chi connectivity index (χ0) is 16.3. The lowest BCUT2D eigenvalue weighted by Crippen LogP contribution is -2.43. The SMILES string of the molecule is CC(C)c1noc([C@H](C)N2CCC[C@H](CNS(N)(=O)=O)C2)n1. The van der Waals surface area contributed by atoms with Gasteiger partial charge in [-0.25, -0.2) is 9.86 Å². The number of aromatic nitrogens is 2. The highest BCUT2D eigenvalue weighted by Gasteiger charge is 2.28. The van der Waals surface area contributed by atoms with E-state index in [2.05, 4.69) is 19.8 Å². The first-order chi connectivity index (χ1) is 10.3. The van der Waals surface area contributed by atoms with Gasteiger partial charge in [0.15, 0.2) is 5.82 Å². The molecule has 3 N–H and O–H groups in total. The molecule has 126 valence electrons. The minimum absolute atomic E-state index is 0.0253. The Labute approximate surface area is 131 Å². The number of rotatable bonds is 6. The van der Waals surface area contributed by atoms with Crippen LogP contribution in [0.4, 0.5) is 0 Å². The van der Waals surface area contributed by atoms with Crippen LogP contribution in [0, 0.1) is 5.92 Å². The summed E-state index contributed by atoms with van der Waals surface area (Å²) in [6.07, 6.45) is 1.99. The van der Waals surface area contributed by atoms with E-state index in [1.807, 2.05) is 20.8 Å². The van der Waals surface area contributed by atoms with Crippen molar-refractivity contribution in [2.24, 2.45) is 11.1 Å². The van der Waals surface area contributed by atoms with Gasteiger partial charge in [-0.2, -0.15) is 13.4 Å². The lowest BCUT2D eigenvalue weighted by molar-refractivity contribution is 0.112. The molecule has 1 aliphatic heterocycles. The van der Waals surface area contributed by atoms with Crippen LogP contribution in [0.15, 0.2) is 4.52 Å². The van der Waals surface area contributed by atoms with Gasteiger partial charge >= 0.3 is 0 Å². The summed E-state index contributed by atoms with van der Waals surface area (Å²) in [5.41, 5.74) is 0. The second-order valence-corrected chi connectivity index (χ2v) is 7.60. The standard InChI is InChI=1S/C13H25N5O3S/c1-9(2)12-16-13(21-17-12)10(3)18-6-4-5-11(8-18)7-15-22(14,19)20/h9-11,15H,4-8H2,1-3H3,(H2,14,19,20)/t10-,11+/m0/s1. The molecule has 1 aliphatic rings. The normalized spacial score (nSPS) is 22.1. The van der Waals surface area contributed by atoms with E-state index >= 15 is 0 Å². The van der Waals surface area contributed by atoms with E-state index < -0.39 is 10.2 Å². The average Bonchev–Trinajstić information content (AvgIpc) is 2.94. The van der Waals surface area contributed by atoms with Crippen LogP contribution < -0.4 is 9.86 Å². The van der Waals surface area contributed by atoms with Crippen LogP contribution in [0.5, 0.6) is 0 Å². The average molecular weight is 331 g/mol. The summed E-state index contributed by atoms with van der Waals surface area (Å²) in [5, 5.41) is 8.98. The highest BCUT2D eigenvalue weighted by molar-refractivity contribution is 7.87. The molecule has 0 unspecified atom stereocenters. The van der Waals surface area contributed by atoms with Crippen molar-refractivity contribution >= 4 is 10.2 Å². The zero-order valence-electron chi connectivity index (χ0n) is 13.3. The van der Waals surface area contributed by atoms with Crippen molar-refractivity contribution in [2.45, 2.75) is 45.6 Å². The zero-order valence-corrected chi connectivity index (χ0v) is 14.1. The van der Waals surface area contributed by atoms with Gasteiger partial charge in [-0.1, -0.05) is 19.0 Å². The van der Waals surface area contributed by atoms with E-state index in [4.69, 9.17) is 9.66 Å². The number of piperidine rings is 1. The number of hydrogen-bond acceptors (Lipinski definition) is 6. The van der Waals surface area contributed by atoms with Crippen LogP contribution in [-0.2, 0) is 10.2 Å². The molecule has 1 fully saturated rings. The molecule has 8 nitrogen and oxygen atoms in total. The molecule has 0 aliphatic carbocycles. The van der Waals surface area contributed by atoms with Crippen LogP contribution in [0.2, 0.25) is 0 Å². The Morgan fingerprint density at radius 3 is 2.77 bits per heavy atom. The second-order valence-electron chi connectivity index (χ2n) is 6.22. The molecule has 0 bridgehead atoms. The molecule has 22 heavy (non-hydrogen) atoms. The van der Waals surface area contributed by atoms with Crippen LogP contribution >= 0.6 is 0 Å². The van der Waals surface area contributed by atoms with Gasteiger partial charge in [0.05, 0.1) is 6.04 Å². The fourth-order valence-electron chi connectivity index (χ4n) is 2.66. The number of nitrogens with zero attached hydrogens (tertiary/aromatic N) is 3. The van der Waals surface area contributed by atoms with Crippen LogP contribution in [-0.4, -0.2) is 43.1 Å². The molecule has 0 aromatic carbocycles.